The Labute approximate surface area is 225 Å². The van der Waals surface area contributed by atoms with Crippen LogP contribution in [0.15, 0.2) is 41.6 Å². The molecule has 0 atom stereocenters. The number of carbonyl (C=O) groups is 1. The Morgan fingerprint density at radius 3 is 2.59 bits per heavy atom. The largest absolute Gasteiger partial charge is 0.320 e. The summed E-state index contributed by atoms with van der Waals surface area (Å²) in [6.45, 7) is 2.78. The maximum Gasteiger partial charge on any atom is 0.263 e. The van der Waals surface area contributed by atoms with Crippen molar-refractivity contribution in [2.45, 2.75) is 63.5 Å². The molecule has 1 amide bonds. The minimum atomic E-state index is -0.649. The minimum Gasteiger partial charge on any atom is -0.320 e. The van der Waals surface area contributed by atoms with Crippen LogP contribution in [-0.2, 0) is 19.0 Å². The van der Waals surface area contributed by atoms with Gasteiger partial charge < -0.3 is 19.8 Å². The maximum atomic E-state index is 15.0. The van der Waals surface area contributed by atoms with Crippen LogP contribution >= 0.6 is 0 Å². The van der Waals surface area contributed by atoms with E-state index in [1.54, 1.807) is 35.3 Å². The molecule has 39 heavy (non-hydrogen) atoms. The number of nitrogens with one attached hydrogen (secondary N) is 2. The second-order valence-electron chi connectivity index (χ2n) is 12.0. The number of alkyl halides is 1. The first-order valence-electron chi connectivity index (χ1n) is 13.7. The predicted molar refractivity (Wildman–Crippen MR) is 143 cm³/mol. The Kier molecular flexibility index (Phi) is 6.40. The highest BCUT2D eigenvalue weighted by Crippen LogP contribution is 2.52. The maximum absolute atomic E-state index is 15.0. The molecule has 3 aromatic rings. The number of hydrogen-bond donors (Lipinski definition) is 2. The fourth-order valence-corrected chi connectivity index (χ4v) is 6.05. The Hall–Kier alpha value is -3.40. The molecule has 3 fully saturated rings. The molecular weight excluding hydrogens is 502 g/mol. The molecule has 2 aromatic heterocycles. The first-order valence-corrected chi connectivity index (χ1v) is 13.7. The second kappa shape index (κ2) is 9.66. The van der Waals surface area contributed by atoms with Crippen molar-refractivity contribution in [3.8, 4) is 0 Å². The fourth-order valence-electron chi connectivity index (χ4n) is 6.05. The zero-order valence-electron chi connectivity index (χ0n) is 22.3. The van der Waals surface area contributed by atoms with Gasteiger partial charge in [-0.3, -0.25) is 14.0 Å². The van der Waals surface area contributed by atoms with E-state index < -0.39 is 17.1 Å². The summed E-state index contributed by atoms with van der Waals surface area (Å²) in [5.41, 5.74) is 0.538. The smallest absolute Gasteiger partial charge is 0.263 e. The standard InChI is InChI=1S/C29H34F2N6O2/c1-18-11-29(12-18,27-35-33-17-36(27)2)20-3-6-23(31)24(10-20)34-25(38)22-9-19(13-32-16-28(15-30)7-8-28)14-37(26(22)39)21-4-5-21/h3,6,9-10,14,17-18,21,32H,4-5,7-8,11-13,15-16H2,1-2H3,(H,34,38). The van der Waals surface area contributed by atoms with Gasteiger partial charge in [0.25, 0.3) is 11.5 Å². The summed E-state index contributed by atoms with van der Waals surface area (Å²) in [7, 11) is 1.89. The average molecular weight is 537 g/mol. The molecular formula is C29H34F2N6O2. The van der Waals surface area contributed by atoms with Gasteiger partial charge in [-0.2, -0.15) is 0 Å². The van der Waals surface area contributed by atoms with E-state index in [4.69, 9.17) is 0 Å². The number of rotatable bonds is 10. The molecule has 0 spiro atoms. The van der Waals surface area contributed by atoms with Crippen LogP contribution in [0, 0.1) is 17.2 Å². The summed E-state index contributed by atoms with van der Waals surface area (Å²) in [4.78, 5) is 26.7. The van der Waals surface area contributed by atoms with Crippen LogP contribution < -0.4 is 16.2 Å². The van der Waals surface area contributed by atoms with Gasteiger partial charge in [0.1, 0.15) is 23.5 Å². The van der Waals surface area contributed by atoms with Crippen molar-refractivity contribution in [3.63, 3.8) is 0 Å². The van der Waals surface area contributed by atoms with E-state index in [0.29, 0.717) is 19.0 Å². The molecule has 3 aliphatic rings. The lowest BCUT2D eigenvalue weighted by atomic mass is 9.58. The topological polar surface area (TPSA) is 93.8 Å². The molecule has 206 valence electrons. The highest BCUT2D eigenvalue weighted by atomic mass is 19.1. The number of amides is 1. The third-order valence-corrected chi connectivity index (χ3v) is 8.65. The van der Waals surface area contributed by atoms with Gasteiger partial charge in [0, 0.05) is 37.8 Å². The lowest BCUT2D eigenvalue weighted by molar-refractivity contribution is 0.102. The number of benzene rings is 1. The van der Waals surface area contributed by atoms with Gasteiger partial charge in [-0.15, -0.1) is 10.2 Å². The molecule has 8 nitrogen and oxygen atoms in total. The molecule has 3 aliphatic carbocycles. The highest BCUT2D eigenvalue weighted by Gasteiger charge is 2.48. The SMILES string of the molecule is CC1CC(c2ccc(F)c(NC(=O)c3cc(CNCC4(CF)CC4)cn(C4CC4)c3=O)c2)(c2nncn2C)C1. The van der Waals surface area contributed by atoms with Crippen molar-refractivity contribution < 1.29 is 13.6 Å². The molecule has 3 saturated carbocycles. The summed E-state index contributed by atoms with van der Waals surface area (Å²) in [5, 5.41) is 14.3. The van der Waals surface area contributed by atoms with E-state index >= 15 is 0 Å². The molecule has 0 aliphatic heterocycles. The Morgan fingerprint density at radius 2 is 1.97 bits per heavy atom. The van der Waals surface area contributed by atoms with Crippen LogP contribution in [0.25, 0.3) is 0 Å². The first-order chi connectivity index (χ1) is 18.7. The number of nitrogens with zero attached hydrogens (tertiary/aromatic N) is 4. The van der Waals surface area contributed by atoms with Crippen LogP contribution in [0.3, 0.4) is 0 Å². The lowest BCUT2D eigenvalue weighted by Gasteiger charge is -2.46. The number of anilines is 1. The molecule has 6 rings (SSSR count). The van der Waals surface area contributed by atoms with E-state index in [1.807, 2.05) is 11.6 Å². The summed E-state index contributed by atoms with van der Waals surface area (Å²) in [5.74, 6) is 0.0535. The van der Waals surface area contributed by atoms with Crippen LogP contribution in [-0.4, -0.2) is 38.5 Å². The molecule has 0 saturated heterocycles. The van der Waals surface area contributed by atoms with E-state index in [-0.39, 0.29) is 34.9 Å². The van der Waals surface area contributed by atoms with Crippen LogP contribution in [0.2, 0.25) is 0 Å². The van der Waals surface area contributed by atoms with Crippen molar-refractivity contribution in [2.24, 2.45) is 18.4 Å². The van der Waals surface area contributed by atoms with E-state index in [1.165, 1.54) is 6.07 Å². The molecule has 1 aromatic carbocycles. The van der Waals surface area contributed by atoms with Crippen molar-refractivity contribution in [3.05, 3.63) is 75.5 Å². The first kappa shape index (κ1) is 25.9. The van der Waals surface area contributed by atoms with E-state index in [9.17, 15) is 18.4 Å². The number of pyridine rings is 1. The van der Waals surface area contributed by atoms with Crippen molar-refractivity contribution in [1.82, 2.24) is 24.6 Å². The Morgan fingerprint density at radius 1 is 1.21 bits per heavy atom. The average Bonchev–Trinajstić information content (AvgIpc) is 3.83. The molecule has 2 heterocycles. The van der Waals surface area contributed by atoms with E-state index in [0.717, 1.165) is 55.5 Å². The third kappa shape index (κ3) is 4.79. The fraction of sp³-hybridized carbons (Fsp3) is 0.517. The van der Waals surface area contributed by atoms with Gasteiger partial charge in [0.15, 0.2) is 0 Å². The number of halogens is 2. The second-order valence-corrected chi connectivity index (χ2v) is 12.0. The van der Waals surface area contributed by atoms with Gasteiger partial charge in [-0.05, 0) is 73.8 Å². The van der Waals surface area contributed by atoms with Crippen LogP contribution in [0.1, 0.15) is 78.8 Å². The van der Waals surface area contributed by atoms with Crippen molar-refractivity contribution >= 4 is 11.6 Å². The minimum absolute atomic E-state index is 0.0260. The monoisotopic (exact) mass is 536 g/mol. The van der Waals surface area contributed by atoms with Gasteiger partial charge in [0.2, 0.25) is 0 Å². The van der Waals surface area contributed by atoms with Gasteiger partial charge in [0.05, 0.1) is 17.8 Å². The number of aromatic nitrogens is 4. The number of carbonyl (C=O) groups excluding carboxylic acids is 1. The summed E-state index contributed by atoms with van der Waals surface area (Å²) < 4.78 is 31.8. The Bertz CT molecular complexity index is 1470. The zero-order chi connectivity index (χ0) is 27.4. The van der Waals surface area contributed by atoms with Crippen molar-refractivity contribution in [2.75, 3.05) is 18.5 Å². The lowest BCUT2D eigenvalue weighted by Crippen LogP contribution is -2.43. The molecule has 2 N–H and O–H groups in total. The summed E-state index contributed by atoms with van der Waals surface area (Å²) >= 11 is 0. The summed E-state index contributed by atoms with van der Waals surface area (Å²) in [6.07, 6.45) is 8.60. The molecule has 0 unspecified atom stereocenters. The van der Waals surface area contributed by atoms with Gasteiger partial charge in [-0.25, -0.2) is 4.39 Å². The normalized spacial score (nSPS) is 23.3. The number of aryl methyl sites for hydroxylation is 1. The molecule has 0 radical (unpaired) electrons. The third-order valence-electron chi connectivity index (χ3n) is 8.65. The quantitative estimate of drug-likeness (QED) is 0.404. The molecule has 10 heteroatoms. The summed E-state index contributed by atoms with van der Waals surface area (Å²) in [6, 6.07) is 6.38. The van der Waals surface area contributed by atoms with Crippen molar-refractivity contribution in [1.29, 1.82) is 0 Å². The zero-order valence-corrected chi connectivity index (χ0v) is 22.3. The van der Waals surface area contributed by atoms with Crippen LogP contribution in [0.5, 0.6) is 0 Å². The predicted octanol–water partition coefficient (Wildman–Crippen LogP) is 4.26. The van der Waals surface area contributed by atoms with Crippen LogP contribution in [0.4, 0.5) is 14.5 Å². The van der Waals surface area contributed by atoms with E-state index in [2.05, 4.69) is 27.8 Å². The highest BCUT2D eigenvalue weighted by molar-refractivity contribution is 6.04. The Balaban J connectivity index is 1.27. The molecule has 0 bridgehead atoms. The number of hydrogen-bond acceptors (Lipinski definition) is 5. The van der Waals surface area contributed by atoms with Gasteiger partial charge >= 0.3 is 0 Å². The van der Waals surface area contributed by atoms with Gasteiger partial charge in [-0.1, -0.05) is 13.0 Å².